The first kappa shape index (κ1) is 13.9. The highest BCUT2D eigenvalue weighted by Crippen LogP contribution is 2.37. The molecule has 96 valence electrons. The predicted octanol–water partition coefficient (Wildman–Crippen LogP) is 1.62. The summed E-state index contributed by atoms with van der Waals surface area (Å²) in [6.45, 7) is 6.39. The number of esters is 1. The molecule has 2 atom stereocenters. The van der Waals surface area contributed by atoms with Gasteiger partial charge in [0.25, 0.3) is 0 Å². The maximum Gasteiger partial charge on any atom is 0.333 e. The molecule has 0 heterocycles. The van der Waals surface area contributed by atoms with E-state index in [4.69, 9.17) is 9.84 Å². The van der Waals surface area contributed by atoms with Crippen molar-refractivity contribution < 1.29 is 19.4 Å². The fourth-order valence-corrected chi connectivity index (χ4v) is 2.34. The van der Waals surface area contributed by atoms with Gasteiger partial charge in [-0.1, -0.05) is 13.0 Å². The second kappa shape index (κ2) is 5.45. The van der Waals surface area contributed by atoms with Gasteiger partial charge in [-0.2, -0.15) is 0 Å². The van der Waals surface area contributed by atoms with E-state index in [1.54, 1.807) is 13.8 Å². The standard InChI is InChI=1S/C13H20O4/c1-9(2)12(16)17-13(3)7-5-4-6-10(13)11(15)8-14/h10,14H,1,4-8H2,2-3H3. The van der Waals surface area contributed by atoms with Crippen molar-refractivity contribution in [1.82, 2.24) is 0 Å². The predicted molar refractivity (Wildman–Crippen MR) is 63.4 cm³/mol. The van der Waals surface area contributed by atoms with Crippen molar-refractivity contribution in [3.63, 3.8) is 0 Å². The van der Waals surface area contributed by atoms with Crippen LogP contribution < -0.4 is 0 Å². The van der Waals surface area contributed by atoms with Gasteiger partial charge in [-0.25, -0.2) is 4.79 Å². The molecule has 4 heteroatoms. The molecule has 1 saturated carbocycles. The Morgan fingerprint density at radius 1 is 1.47 bits per heavy atom. The molecule has 0 saturated heterocycles. The van der Waals surface area contributed by atoms with E-state index in [2.05, 4.69) is 6.58 Å². The molecule has 0 aromatic rings. The van der Waals surface area contributed by atoms with Crippen molar-refractivity contribution in [2.24, 2.45) is 5.92 Å². The Balaban J connectivity index is 2.84. The van der Waals surface area contributed by atoms with Gasteiger partial charge < -0.3 is 9.84 Å². The number of rotatable bonds is 4. The lowest BCUT2D eigenvalue weighted by molar-refractivity contribution is -0.166. The highest BCUT2D eigenvalue weighted by atomic mass is 16.6. The van der Waals surface area contributed by atoms with Crippen molar-refractivity contribution in [2.75, 3.05) is 6.61 Å². The van der Waals surface area contributed by atoms with E-state index in [1.807, 2.05) is 0 Å². The van der Waals surface area contributed by atoms with E-state index >= 15 is 0 Å². The highest BCUT2D eigenvalue weighted by molar-refractivity contribution is 5.88. The summed E-state index contributed by atoms with van der Waals surface area (Å²) in [7, 11) is 0. The van der Waals surface area contributed by atoms with Crippen LogP contribution in [0.25, 0.3) is 0 Å². The van der Waals surface area contributed by atoms with Crippen LogP contribution >= 0.6 is 0 Å². The first-order valence-electron chi connectivity index (χ1n) is 5.93. The Labute approximate surface area is 102 Å². The van der Waals surface area contributed by atoms with Crippen molar-refractivity contribution in [2.45, 2.75) is 45.1 Å². The molecule has 0 aliphatic heterocycles. The third kappa shape index (κ3) is 3.16. The molecule has 0 spiro atoms. The average molecular weight is 240 g/mol. The van der Waals surface area contributed by atoms with Crippen LogP contribution in [0.1, 0.15) is 39.5 Å². The number of Topliss-reactive ketones (excluding diaryl/α,β-unsaturated/α-hetero) is 1. The zero-order valence-corrected chi connectivity index (χ0v) is 10.5. The smallest absolute Gasteiger partial charge is 0.333 e. The van der Waals surface area contributed by atoms with Crippen molar-refractivity contribution in [3.8, 4) is 0 Å². The van der Waals surface area contributed by atoms with Crippen molar-refractivity contribution >= 4 is 11.8 Å². The summed E-state index contributed by atoms with van der Waals surface area (Å²) < 4.78 is 5.41. The number of hydrogen-bond acceptors (Lipinski definition) is 4. The van der Waals surface area contributed by atoms with Gasteiger partial charge in [-0.05, 0) is 33.1 Å². The summed E-state index contributed by atoms with van der Waals surface area (Å²) in [5.41, 5.74) is -0.472. The van der Waals surface area contributed by atoms with Crippen LogP contribution in [0.3, 0.4) is 0 Å². The molecule has 0 bridgehead atoms. The maximum absolute atomic E-state index is 11.7. The zero-order valence-electron chi connectivity index (χ0n) is 10.5. The fourth-order valence-electron chi connectivity index (χ4n) is 2.34. The number of hydrogen-bond donors (Lipinski definition) is 1. The Kier molecular flexibility index (Phi) is 4.46. The van der Waals surface area contributed by atoms with Crippen LogP contribution in [0.4, 0.5) is 0 Å². The minimum atomic E-state index is -0.798. The molecule has 0 aromatic carbocycles. The van der Waals surface area contributed by atoms with Gasteiger partial charge in [0.1, 0.15) is 12.2 Å². The number of carbonyl (C=O) groups is 2. The zero-order chi connectivity index (χ0) is 13.1. The van der Waals surface area contributed by atoms with Gasteiger partial charge in [0.05, 0.1) is 5.92 Å². The van der Waals surface area contributed by atoms with E-state index in [0.717, 1.165) is 12.8 Å². The van der Waals surface area contributed by atoms with Crippen LogP contribution in [0.2, 0.25) is 0 Å². The maximum atomic E-state index is 11.7. The van der Waals surface area contributed by atoms with Crippen LogP contribution in [0.15, 0.2) is 12.2 Å². The van der Waals surface area contributed by atoms with Crippen molar-refractivity contribution in [1.29, 1.82) is 0 Å². The van der Waals surface area contributed by atoms with Gasteiger partial charge in [0.2, 0.25) is 0 Å². The molecular weight excluding hydrogens is 220 g/mol. The number of carbonyl (C=O) groups excluding carboxylic acids is 2. The minimum Gasteiger partial charge on any atom is -0.455 e. The Morgan fingerprint density at radius 2 is 2.12 bits per heavy atom. The lowest BCUT2D eigenvalue weighted by Crippen LogP contribution is -2.46. The molecule has 0 aromatic heterocycles. The summed E-state index contributed by atoms with van der Waals surface area (Å²) in [6, 6.07) is 0. The highest BCUT2D eigenvalue weighted by Gasteiger charge is 2.43. The first-order chi connectivity index (χ1) is 7.90. The third-order valence-corrected chi connectivity index (χ3v) is 3.37. The summed E-state index contributed by atoms with van der Waals surface area (Å²) in [6.07, 6.45) is 3.17. The molecule has 1 aliphatic carbocycles. The monoisotopic (exact) mass is 240 g/mol. The van der Waals surface area contributed by atoms with Crippen LogP contribution in [0, 0.1) is 5.92 Å². The molecular formula is C13H20O4. The molecule has 4 nitrogen and oxygen atoms in total. The molecule has 2 unspecified atom stereocenters. The Bertz CT molecular complexity index is 334. The quantitative estimate of drug-likeness (QED) is 0.599. The van der Waals surface area contributed by atoms with Crippen molar-refractivity contribution in [3.05, 3.63) is 12.2 Å². The van der Waals surface area contributed by atoms with Crippen LogP contribution in [-0.4, -0.2) is 29.1 Å². The van der Waals surface area contributed by atoms with Gasteiger partial charge in [0, 0.05) is 5.57 Å². The van der Waals surface area contributed by atoms with E-state index in [1.165, 1.54) is 0 Å². The lowest BCUT2D eigenvalue weighted by Gasteiger charge is -2.39. The second-order valence-electron chi connectivity index (χ2n) is 4.91. The summed E-state index contributed by atoms with van der Waals surface area (Å²) in [4.78, 5) is 23.2. The summed E-state index contributed by atoms with van der Waals surface area (Å²) >= 11 is 0. The fraction of sp³-hybridized carbons (Fsp3) is 0.692. The van der Waals surface area contributed by atoms with Crippen LogP contribution in [-0.2, 0) is 14.3 Å². The number of aliphatic hydroxyl groups is 1. The topological polar surface area (TPSA) is 63.6 Å². The third-order valence-electron chi connectivity index (χ3n) is 3.37. The molecule has 1 rings (SSSR count). The van der Waals surface area contributed by atoms with E-state index in [-0.39, 0.29) is 5.78 Å². The molecule has 1 N–H and O–H groups in total. The largest absolute Gasteiger partial charge is 0.455 e. The Morgan fingerprint density at radius 3 is 2.65 bits per heavy atom. The average Bonchev–Trinajstić information content (AvgIpc) is 2.28. The number of ether oxygens (including phenoxy) is 1. The minimum absolute atomic E-state index is 0.248. The van der Waals surface area contributed by atoms with E-state index in [9.17, 15) is 9.59 Å². The summed E-state index contributed by atoms with van der Waals surface area (Å²) in [5.74, 6) is -1.11. The number of ketones is 1. The molecule has 17 heavy (non-hydrogen) atoms. The lowest BCUT2D eigenvalue weighted by atomic mass is 9.74. The SMILES string of the molecule is C=C(C)C(=O)OC1(C)CCCCC1C(=O)CO. The van der Waals surface area contributed by atoms with Gasteiger partial charge in [-0.3, -0.25) is 4.79 Å². The van der Waals surface area contributed by atoms with E-state index in [0.29, 0.717) is 18.4 Å². The van der Waals surface area contributed by atoms with E-state index < -0.39 is 24.1 Å². The van der Waals surface area contributed by atoms with Gasteiger partial charge in [0.15, 0.2) is 5.78 Å². The molecule has 0 amide bonds. The first-order valence-corrected chi connectivity index (χ1v) is 5.93. The van der Waals surface area contributed by atoms with Gasteiger partial charge >= 0.3 is 5.97 Å². The molecule has 1 fully saturated rings. The normalized spacial score (nSPS) is 28.5. The van der Waals surface area contributed by atoms with Crippen LogP contribution in [0.5, 0.6) is 0 Å². The second-order valence-corrected chi connectivity index (χ2v) is 4.91. The molecule has 1 aliphatic rings. The molecule has 0 radical (unpaired) electrons. The van der Waals surface area contributed by atoms with Gasteiger partial charge in [-0.15, -0.1) is 0 Å². The number of aliphatic hydroxyl groups excluding tert-OH is 1. The Hall–Kier alpha value is -1.16. The summed E-state index contributed by atoms with van der Waals surface area (Å²) in [5, 5.41) is 8.95.